The van der Waals surface area contributed by atoms with Crippen molar-refractivity contribution in [3.63, 3.8) is 0 Å². The number of aryl methyl sites for hydroxylation is 3. The second-order valence-electron chi connectivity index (χ2n) is 7.63. The van der Waals surface area contributed by atoms with Crippen LogP contribution in [-0.4, -0.2) is 25.0 Å². The summed E-state index contributed by atoms with van der Waals surface area (Å²) in [5.41, 5.74) is 2.58. The van der Waals surface area contributed by atoms with E-state index in [4.69, 9.17) is 0 Å². The molecule has 0 radical (unpaired) electrons. The van der Waals surface area contributed by atoms with Gasteiger partial charge < -0.3 is 0 Å². The van der Waals surface area contributed by atoms with Gasteiger partial charge in [-0.25, -0.2) is 14.8 Å². The predicted octanol–water partition coefficient (Wildman–Crippen LogP) is 3.27. The van der Waals surface area contributed by atoms with E-state index in [2.05, 4.69) is 34.3 Å². The molecule has 0 aliphatic rings. The number of fused-ring (bicyclic) bond motifs is 1. The highest BCUT2D eigenvalue weighted by molar-refractivity contribution is 7.16. The van der Waals surface area contributed by atoms with Crippen molar-refractivity contribution in [3.05, 3.63) is 73.4 Å². The molecule has 32 heavy (non-hydrogen) atoms. The maximum atomic E-state index is 12.8. The molecule has 0 atom stereocenters. The molecule has 0 saturated carbocycles. The molecule has 0 unspecified atom stereocenters. The van der Waals surface area contributed by atoms with E-state index in [0.717, 1.165) is 33.5 Å². The number of aromatic nitrogens is 4. The molecule has 4 rings (SSSR count). The Morgan fingerprint density at radius 2 is 1.84 bits per heavy atom. The molecule has 4 aromatic rings. The third-order valence-electron chi connectivity index (χ3n) is 5.34. The summed E-state index contributed by atoms with van der Waals surface area (Å²) in [4.78, 5) is 47.1. The summed E-state index contributed by atoms with van der Waals surface area (Å²) in [5.74, 6) is -0.422. The number of carbonyl (C=O) groups is 1. The lowest BCUT2D eigenvalue weighted by atomic mass is 10.1. The Morgan fingerprint density at radius 1 is 1.12 bits per heavy atom. The van der Waals surface area contributed by atoms with Crippen molar-refractivity contribution < 1.29 is 4.79 Å². The summed E-state index contributed by atoms with van der Waals surface area (Å²) in [6.45, 7) is 4.11. The van der Waals surface area contributed by atoms with Gasteiger partial charge in [-0.05, 0) is 25.0 Å². The highest BCUT2D eigenvalue weighted by Gasteiger charge is 2.16. The number of nitrogens with zero attached hydrogens (tertiary/aromatic N) is 4. The summed E-state index contributed by atoms with van der Waals surface area (Å²) in [6, 6.07) is 9.75. The fourth-order valence-corrected chi connectivity index (χ4v) is 4.43. The van der Waals surface area contributed by atoms with Gasteiger partial charge in [0.05, 0.1) is 16.6 Å². The molecule has 0 bridgehead atoms. The molecule has 0 spiro atoms. The van der Waals surface area contributed by atoms with Crippen LogP contribution in [0.4, 0.5) is 5.13 Å². The topological polar surface area (TPSA) is 98.9 Å². The maximum absolute atomic E-state index is 12.8. The van der Waals surface area contributed by atoms with Gasteiger partial charge in [-0.2, -0.15) is 0 Å². The number of anilines is 1. The van der Waals surface area contributed by atoms with Gasteiger partial charge in [-0.15, -0.1) is 11.3 Å². The maximum Gasteiger partial charge on any atom is 0.332 e. The first-order valence-corrected chi connectivity index (χ1v) is 11.1. The van der Waals surface area contributed by atoms with Crippen LogP contribution in [-0.2, 0) is 20.5 Å². The Balaban J connectivity index is 1.62. The number of thiazole rings is 1. The molecule has 8 nitrogen and oxygen atoms in total. The van der Waals surface area contributed by atoms with Gasteiger partial charge in [0.15, 0.2) is 5.13 Å². The highest BCUT2D eigenvalue weighted by Crippen LogP contribution is 2.31. The van der Waals surface area contributed by atoms with Gasteiger partial charge in [0, 0.05) is 30.7 Å². The lowest BCUT2D eigenvalue weighted by molar-refractivity contribution is 0.102. The second-order valence-corrected chi connectivity index (χ2v) is 8.83. The standard InChI is InChI=1S/C23H23N5O3S/c1-5-6-14-7-9-15(10-8-14)18-13(2)32-22(25-18)26-20(29)16-11-17-19(24-12-16)27(3)23(31)28(4)21(17)30/h7-12H,5-6H2,1-4H3,(H,25,26,29). The Hall–Kier alpha value is -3.59. The van der Waals surface area contributed by atoms with Crippen LogP contribution < -0.4 is 16.6 Å². The van der Waals surface area contributed by atoms with Crippen molar-refractivity contribution >= 4 is 33.4 Å². The van der Waals surface area contributed by atoms with E-state index < -0.39 is 17.2 Å². The van der Waals surface area contributed by atoms with E-state index in [-0.39, 0.29) is 16.6 Å². The first-order chi connectivity index (χ1) is 15.3. The predicted molar refractivity (Wildman–Crippen MR) is 126 cm³/mol. The Labute approximate surface area is 188 Å². The summed E-state index contributed by atoms with van der Waals surface area (Å²) in [7, 11) is 2.93. The number of hydrogen-bond donors (Lipinski definition) is 1. The van der Waals surface area contributed by atoms with Crippen molar-refractivity contribution in [3.8, 4) is 11.3 Å². The van der Waals surface area contributed by atoms with Crippen LogP contribution in [0.5, 0.6) is 0 Å². The summed E-state index contributed by atoms with van der Waals surface area (Å²) in [6.07, 6.45) is 3.48. The lowest BCUT2D eigenvalue weighted by Gasteiger charge is -2.08. The quantitative estimate of drug-likeness (QED) is 0.504. The van der Waals surface area contributed by atoms with Crippen LogP contribution in [0.2, 0.25) is 0 Å². The van der Waals surface area contributed by atoms with Crippen molar-refractivity contribution in [1.29, 1.82) is 0 Å². The smallest absolute Gasteiger partial charge is 0.298 e. The Kier molecular flexibility index (Phi) is 5.75. The van der Waals surface area contributed by atoms with Crippen LogP contribution in [0.15, 0.2) is 46.1 Å². The summed E-state index contributed by atoms with van der Waals surface area (Å²) in [5, 5.41) is 3.46. The molecule has 1 amide bonds. The van der Waals surface area contributed by atoms with E-state index in [1.807, 2.05) is 19.1 Å². The van der Waals surface area contributed by atoms with Crippen LogP contribution in [0.1, 0.15) is 34.1 Å². The van der Waals surface area contributed by atoms with Gasteiger partial charge in [0.25, 0.3) is 11.5 Å². The zero-order valence-corrected chi connectivity index (χ0v) is 19.1. The van der Waals surface area contributed by atoms with E-state index >= 15 is 0 Å². The number of benzene rings is 1. The lowest BCUT2D eigenvalue weighted by Crippen LogP contribution is -2.37. The fraction of sp³-hybridized carbons (Fsp3) is 0.261. The van der Waals surface area contributed by atoms with Crippen LogP contribution in [0.3, 0.4) is 0 Å². The van der Waals surface area contributed by atoms with Crippen LogP contribution in [0, 0.1) is 6.92 Å². The number of nitrogens with one attached hydrogen (secondary N) is 1. The number of amides is 1. The molecule has 0 aliphatic carbocycles. The van der Waals surface area contributed by atoms with Crippen molar-refractivity contribution in [2.75, 3.05) is 5.32 Å². The van der Waals surface area contributed by atoms with Crippen molar-refractivity contribution in [1.82, 2.24) is 19.1 Å². The fourth-order valence-electron chi connectivity index (χ4n) is 3.59. The molecule has 0 fully saturated rings. The molecule has 3 heterocycles. The zero-order chi connectivity index (χ0) is 23.0. The average Bonchev–Trinajstić information content (AvgIpc) is 3.16. The molecule has 0 saturated heterocycles. The highest BCUT2D eigenvalue weighted by atomic mass is 32.1. The van der Waals surface area contributed by atoms with E-state index in [1.165, 1.54) is 47.8 Å². The third kappa shape index (κ3) is 3.87. The van der Waals surface area contributed by atoms with Crippen LogP contribution in [0.25, 0.3) is 22.3 Å². The minimum absolute atomic E-state index is 0.199. The van der Waals surface area contributed by atoms with Gasteiger partial charge in [-0.1, -0.05) is 37.6 Å². The van der Waals surface area contributed by atoms with E-state index in [1.54, 1.807) is 0 Å². The molecular weight excluding hydrogens is 426 g/mol. The number of pyridine rings is 1. The third-order valence-corrected chi connectivity index (χ3v) is 6.22. The van der Waals surface area contributed by atoms with Crippen molar-refractivity contribution in [2.24, 2.45) is 14.1 Å². The molecule has 3 aromatic heterocycles. The summed E-state index contributed by atoms with van der Waals surface area (Å²) < 4.78 is 2.27. The minimum Gasteiger partial charge on any atom is -0.298 e. The zero-order valence-electron chi connectivity index (χ0n) is 18.3. The van der Waals surface area contributed by atoms with E-state index in [0.29, 0.717) is 5.13 Å². The Morgan fingerprint density at radius 3 is 2.53 bits per heavy atom. The van der Waals surface area contributed by atoms with Crippen molar-refractivity contribution in [2.45, 2.75) is 26.7 Å². The molecular formula is C23H23N5O3S. The van der Waals surface area contributed by atoms with Gasteiger partial charge in [0.1, 0.15) is 5.65 Å². The molecule has 164 valence electrons. The Bertz CT molecular complexity index is 1450. The average molecular weight is 450 g/mol. The number of rotatable bonds is 5. The molecule has 0 aliphatic heterocycles. The summed E-state index contributed by atoms with van der Waals surface area (Å²) >= 11 is 1.39. The normalized spacial score (nSPS) is 11.1. The second kappa shape index (κ2) is 8.51. The number of hydrogen-bond acceptors (Lipinski definition) is 6. The van der Waals surface area contributed by atoms with Gasteiger partial charge >= 0.3 is 5.69 Å². The molecule has 9 heteroatoms. The van der Waals surface area contributed by atoms with E-state index in [9.17, 15) is 14.4 Å². The minimum atomic E-state index is -0.496. The monoisotopic (exact) mass is 449 g/mol. The first-order valence-electron chi connectivity index (χ1n) is 10.2. The SMILES string of the molecule is CCCc1ccc(-c2nc(NC(=O)c3cnc4c(c3)c(=O)n(C)c(=O)n4C)sc2C)cc1. The first kappa shape index (κ1) is 21.6. The molecule has 1 aromatic carbocycles. The largest absolute Gasteiger partial charge is 0.332 e. The van der Waals surface area contributed by atoms with Gasteiger partial charge in [-0.3, -0.25) is 24.0 Å². The molecule has 1 N–H and O–H groups in total. The van der Waals surface area contributed by atoms with Gasteiger partial charge in [0.2, 0.25) is 0 Å². The number of carbonyl (C=O) groups excluding carboxylic acids is 1. The van der Waals surface area contributed by atoms with Crippen LogP contribution >= 0.6 is 11.3 Å².